The molecule has 1 N–H and O–H groups in total. The molecule has 0 amide bonds. The molecule has 0 aromatic heterocycles. The first-order chi connectivity index (χ1) is 15.2. The molecule has 2 aromatic carbocycles. The van der Waals surface area contributed by atoms with Crippen LogP contribution in [0.15, 0.2) is 48.5 Å². The highest BCUT2D eigenvalue weighted by molar-refractivity contribution is 7.93. The van der Waals surface area contributed by atoms with Gasteiger partial charge in [-0.1, -0.05) is 24.3 Å². The number of hydrogen-bond donors (Lipinski definition) is 1. The third-order valence-corrected chi connectivity index (χ3v) is 7.01. The Hall–Kier alpha value is -3.01. The average Bonchev–Trinajstić information content (AvgIpc) is 2.70. The summed E-state index contributed by atoms with van der Waals surface area (Å²) < 4.78 is 72.6. The van der Waals surface area contributed by atoms with Crippen molar-refractivity contribution in [3.05, 3.63) is 65.2 Å². The van der Waals surface area contributed by atoms with E-state index in [9.17, 15) is 26.4 Å². The second-order valence-corrected chi connectivity index (χ2v) is 10.2. The van der Waals surface area contributed by atoms with Crippen molar-refractivity contribution in [2.45, 2.75) is 51.8 Å². The first-order valence-corrected chi connectivity index (χ1v) is 11.6. The van der Waals surface area contributed by atoms with Crippen LogP contribution in [-0.2, 0) is 27.6 Å². The van der Waals surface area contributed by atoms with Crippen LogP contribution in [0, 0.1) is 0 Å². The summed E-state index contributed by atoms with van der Waals surface area (Å²) in [5.74, 6) is -1.30. The fourth-order valence-corrected chi connectivity index (χ4v) is 4.44. The van der Waals surface area contributed by atoms with Gasteiger partial charge < -0.3 is 9.84 Å². The molecule has 2 aromatic rings. The first kappa shape index (κ1) is 26.2. The smallest absolute Gasteiger partial charge is 0.416 e. The quantitative estimate of drug-likeness (QED) is 0.485. The van der Waals surface area contributed by atoms with Gasteiger partial charge in [-0.3, -0.25) is 4.31 Å². The summed E-state index contributed by atoms with van der Waals surface area (Å²) in [6, 6.07) is 8.72. The highest BCUT2D eigenvalue weighted by Gasteiger charge is 2.35. The van der Waals surface area contributed by atoms with E-state index in [2.05, 4.69) is 0 Å². The molecule has 10 heteroatoms. The Morgan fingerprint density at radius 2 is 1.70 bits per heavy atom. The SMILES string of the molecule is CC(C)N(c1ccc(C(F)(F)F)cc1OCc1ccc(/C=C/C(=O)O)cc1)S(=O)(=O)C(C)C. The van der Waals surface area contributed by atoms with Gasteiger partial charge in [0.2, 0.25) is 10.0 Å². The molecule has 0 aliphatic carbocycles. The van der Waals surface area contributed by atoms with Crippen molar-refractivity contribution in [2.75, 3.05) is 4.31 Å². The summed E-state index contributed by atoms with van der Waals surface area (Å²) in [7, 11) is -3.85. The third-order valence-electron chi connectivity index (χ3n) is 4.66. The summed E-state index contributed by atoms with van der Waals surface area (Å²) >= 11 is 0. The Balaban J connectivity index is 2.44. The summed E-state index contributed by atoms with van der Waals surface area (Å²) in [5, 5.41) is 7.90. The monoisotopic (exact) mass is 485 g/mol. The standard InChI is InChI=1S/C23H26F3NO5S/c1-15(2)27(33(30,31)16(3)4)20-11-10-19(23(24,25)26)13-21(20)32-14-18-7-5-17(6-8-18)9-12-22(28)29/h5-13,15-16H,14H2,1-4H3,(H,28,29)/b12-9+. The van der Waals surface area contributed by atoms with Crippen LogP contribution in [0.3, 0.4) is 0 Å². The third kappa shape index (κ3) is 6.74. The second kappa shape index (κ2) is 10.3. The van der Waals surface area contributed by atoms with Gasteiger partial charge in [-0.05, 0) is 63.1 Å². The van der Waals surface area contributed by atoms with E-state index in [1.54, 1.807) is 38.1 Å². The molecule has 0 unspecified atom stereocenters. The fraction of sp³-hybridized carbons (Fsp3) is 0.348. The van der Waals surface area contributed by atoms with Gasteiger partial charge in [0.15, 0.2) is 0 Å². The summed E-state index contributed by atoms with van der Waals surface area (Å²) in [5.41, 5.74) is 0.289. The number of aliphatic carboxylic acids is 1. The molecule has 0 saturated heterocycles. The summed E-state index contributed by atoms with van der Waals surface area (Å²) in [4.78, 5) is 10.6. The normalized spacial score (nSPS) is 12.5. The lowest BCUT2D eigenvalue weighted by molar-refractivity contribution is -0.137. The number of alkyl halides is 3. The molecule has 180 valence electrons. The lowest BCUT2D eigenvalue weighted by atomic mass is 10.1. The van der Waals surface area contributed by atoms with Crippen molar-refractivity contribution < 1.29 is 36.2 Å². The number of benzene rings is 2. The van der Waals surface area contributed by atoms with E-state index in [4.69, 9.17) is 9.84 Å². The summed E-state index contributed by atoms with van der Waals surface area (Å²) in [6.07, 6.45) is -2.25. The second-order valence-electron chi connectivity index (χ2n) is 7.87. The molecule has 0 spiro atoms. The number of sulfonamides is 1. The zero-order valence-corrected chi connectivity index (χ0v) is 19.4. The molecule has 0 fully saturated rings. The zero-order valence-electron chi connectivity index (χ0n) is 18.6. The Bertz CT molecular complexity index is 1110. The van der Waals surface area contributed by atoms with Crippen LogP contribution in [-0.4, -0.2) is 30.8 Å². The Morgan fingerprint density at radius 1 is 1.09 bits per heavy atom. The lowest BCUT2D eigenvalue weighted by Crippen LogP contribution is -2.41. The van der Waals surface area contributed by atoms with E-state index in [1.807, 2.05) is 0 Å². The predicted octanol–water partition coefficient (Wildman–Crippen LogP) is 5.34. The molecular formula is C23H26F3NO5S. The molecule has 0 saturated carbocycles. The van der Waals surface area contributed by atoms with Gasteiger partial charge in [0.1, 0.15) is 12.4 Å². The maximum atomic E-state index is 13.3. The van der Waals surface area contributed by atoms with Crippen molar-refractivity contribution in [1.29, 1.82) is 0 Å². The van der Waals surface area contributed by atoms with Crippen LogP contribution >= 0.6 is 0 Å². The van der Waals surface area contributed by atoms with Crippen LogP contribution < -0.4 is 9.04 Å². The Kier molecular flexibility index (Phi) is 8.18. The number of ether oxygens (including phenoxy) is 1. The van der Waals surface area contributed by atoms with Crippen molar-refractivity contribution in [3.8, 4) is 5.75 Å². The van der Waals surface area contributed by atoms with Gasteiger partial charge in [-0.15, -0.1) is 0 Å². The van der Waals surface area contributed by atoms with E-state index in [-0.39, 0.29) is 18.0 Å². The molecular weight excluding hydrogens is 459 g/mol. The molecule has 0 atom stereocenters. The Labute approximate surface area is 191 Å². The number of hydrogen-bond acceptors (Lipinski definition) is 4. The number of halogens is 3. The number of anilines is 1. The highest BCUT2D eigenvalue weighted by Crippen LogP contribution is 2.39. The van der Waals surface area contributed by atoms with E-state index in [1.165, 1.54) is 19.9 Å². The molecule has 0 aliphatic rings. The van der Waals surface area contributed by atoms with Gasteiger partial charge in [0.05, 0.1) is 16.5 Å². The van der Waals surface area contributed by atoms with Crippen molar-refractivity contribution >= 4 is 27.8 Å². The van der Waals surface area contributed by atoms with E-state index < -0.39 is 39.0 Å². The fourth-order valence-electron chi connectivity index (χ4n) is 2.98. The van der Waals surface area contributed by atoms with E-state index in [0.717, 1.165) is 28.6 Å². The Morgan fingerprint density at radius 3 is 2.18 bits per heavy atom. The van der Waals surface area contributed by atoms with Gasteiger partial charge in [-0.25, -0.2) is 13.2 Å². The number of carboxylic acid groups (broad SMARTS) is 1. The minimum absolute atomic E-state index is 0.0210. The number of carbonyl (C=O) groups is 1. The minimum Gasteiger partial charge on any atom is -0.487 e. The largest absolute Gasteiger partial charge is 0.487 e. The van der Waals surface area contributed by atoms with Crippen LogP contribution in [0.5, 0.6) is 5.75 Å². The number of nitrogens with zero attached hydrogens (tertiary/aromatic N) is 1. The summed E-state index contributed by atoms with van der Waals surface area (Å²) in [6.45, 7) is 6.13. The van der Waals surface area contributed by atoms with Gasteiger partial charge in [0.25, 0.3) is 0 Å². The number of rotatable bonds is 9. The molecule has 2 rings (SSSR count). The topological polar surface area (TPSA) is 83.9 Å². The van der Waals surface area contributed by atoms with Crippen LogP contribution in [0.2, 0.25) is 0 Å². The van der Waals surface area contributed by atoms with Crippen LogP contribution in [0.1, 0.15) is 44.4 Å². The van der Waals surface area contributed by atoms with Gasteiger partial charge >= 0.3 is 12.1 Å². The van der Waals surface area contributed by atoms with Crippen molar-refractivity contribution in [1.82, 2.24) is 0 Å². The molecule has 6 nitrogen and oxygen atoms in total. The predicted molar refractivity (Wildman–Crippen MR) is 121 cm³/mol. The maximum Gasteiger partial charge on any atom is 0.416 e. The molecule has 0 bridgehead atoms. The van der Waals surface area contributed by atoms with E-state index in [0.29, 0.717) is 11.1 Å². The van der Waals surface area contributed by atoms with Crippen molar-refractivity contribution in [3.63, 3.8) is 0 Å². The first-order valence-electron chi connectivity index (χ1n) is 10.1. The van der Waals surface area contributed by atoms with Crippen molar-refractivity contribution in [2.24, 2.45) is 0 Å². The average molecular weight is 486 g/mol. The minimum atomic E-state index is -4.63. The highest BCUT2D eigenvalue weighted by atomic mass is 32.2. The molecule has 0 radical (unpaired) electrons. The van der Waals surface area contributed by atoms with Crippen LogP contribution in [0.25, 0.3) is 6.08 Å². The molecule has 0 aliphatic heterocycles. The number of carboxylic acids is 1. The lowest BCUT2D eigenvalue weighted by Gasteiger charge is -2.31. The van der Waals surface area contributed by atoms with E-state index >= 15 is 0 Å². The van der Waals surface area contributed by atoms with Gasteiger partial charge in [-0.2, -0.15) is 13.2 Å². The van der Waals surface area contributed by atoms with Gasteiger partial charge in [0, 0.05) is 12.1 Å². The molecule has 33 heavy (non-hydrogen) atoms. The van der Waals surface area contributed by atoms with Crippen LogP contribution in [0.4, 0.5) is 18.9 Å². The molecule has 0 heterocycles. The maximum absolute atomic E-state index is 13.3. The zero-order chi connectivity index (χ0) is 25.0.